The summed E-state index contributed by atoms with van der Waals surface area (Å²) in [6.07, 6.45) is 1.10. The van der Waals surface area contributed by atoms with Gasteiger partial charge in [0, 0.05) is 19.3 Å². The van der Waals surface area contributed by atoms with Gasteiger partial charge in [-0.05, 0) is 12.1 Å². The maximum absolute atomic E-state index is 12.0. The highest BCUT2D eigenvalue weighted by atomic mass is 32.2. The maximum Gasteiger partial charge on any atom is 0.309 e. The van der Waals surface area contributed by atoms with Crippen molar-refractivity contribution in [1.82, 2.24) is 9.29 Å². The van der Waals surface area contributed by atoms with Gasteiger partial charge in [0.1, 0.15) is 16.7 Å². The average Bonchev–Trinajstić information content (AvgIpc) is 2.26. The van der Waals surface area contributed by atoms with E-state index in [4.69, 9.17) is 10.4 Å². The third-order valence-corrected chi connectivity index (χ3v) is 4.50. The van der Waals surface area contributed by atoms with Crippen molar-refractivity contribution in [3.63, 3.8) is 0 Å². The number of sulfonamides is 1. The van der Waals surface area contributed by atoms with Gasteiger partial charge in [-0.1, -0.05) is 0 Å². The number of nitrogens with zero attached hydrogens (tertiary/aromatic N) is 3. The molecular formula is C10H9N3O4S. The summed E-state index contributed by atoms with van der Waals surface area (Å²) < 4.78 is 25.1. The molecule has 94 valence electrons. The average molecular weight is 267 g/mol. The fourth-order valence-corrected chi connectivity index (χ4v) is 3.02. The van der Waals surface area contributed by atoms with Crippen molar-refractivity contribution in [2.75, 3.05) is 13.1 Å². The van der Waals surface area contributed by atoms with E-state index in [1.165, 1.54) is 12.1 Å². The van der Waals surface area contributed by atoms with Gasteiger partial charge in [0.2, 0.25) is 10.0 Å². The van der Waals surface area contributed by atoms with Gasteiger partial charge >= 0.3 is 5.97 Å². The van der Waals surface area contributed by atoms with Crippen molar-refractivity contribution in [1.29, 1.82) is 5.26 Å². The van der Waals surface area contributed by atoms with E-state index in [0.29, 0.717) is 0 Å². The summed E-state index contributed by atoms with van der Waals surface area (Å²) in [6.45, 7) is -0.0602. The highest BCUT2D eigenvalue weighted by Gasteiger charge is 2.40. The zero-order valence-electron chi connectivity index (χ0n) is 9.15. The minimum Gasteiger partial charge on any atom is -0.481 e. The first-order valence-electron chi connectivity index (χ1n) is 5.04. The number of carboxylic acids is 1. The van der Waals surface area contributed by atoms with Gasteiger partial charge in [-0.2, -0.15) is 9.57 Å². The Kier molecular flexibility index (Phi) is 3.02. The first-order chi connectivity index (χ1) is 8.45. The molecule has 1 aliphatic rings. The van der Waals surface area contributed by atoms with Crippen molar-refractivity contribution in [2.24, 2.45) is 5.92 Å². The summed E-state index contributed by atoms with van der Waals surface area (Å²) in [5.74, 6) is -1.65. The minimum atomic E-state index is -3.70. The van der Waals surface area contributed by atoms with Crippen LogP contribution in [0.5, 0.6) is 0 Å². The summed E-state index contributed by atoms with van der Waals surface area (Å²) in [6, 6.07) is 4.38. The van der Waals surface area contributed by atoms with E-state index >= 15 is 0 Å². The predicted octanol–water partition coefficient (Wildman–Crippen LogP) is -0.342. The van der Waals surface area contributed by atoms with Crippen LogP contribution in [0, 0.1) is 17.2 Å². The molecule has 0 unspecified atom stereocenters. The van der Waals surface area contributed by atoms with E-state index in [1.807, 2.05) is 0 Å². The van der Waals surface area contributed by atoms with Crippen molar-refractivity contribution in [3.05, 3.63) is 24.0 Å². The second-order valence-electron chi connectivity index (χ2n) is 3.85. The monoisotopic (exact) mass is 267 g/mol. The van der Waals surface area contributed by atoms with Crippen LogP contribution >= 0.6 is 0 Å². The summed E-state index contributed by atoms with van der Waals surface area (Å²) in [7, 11) is -3.70. The van der Waals surface area contributed by atoms with Crippen molar-refractivity contribution in [3.8, 4) is 6.07 Å². The highest BCUT2D eigenvalue weighted by molar-refractivity contribution is 7.89. The highest BCUT2D eigenvalue weighted by Crippen LogP contribution is 2.24. The molecule has 0 amide bonds. The molecule has 0 aliphatic carbocycles. The van der Waals surface area contributed by atoms with Gasteiger partial charge in [-0.15, -0.1) is 0 Å². The number of rotatable bonds is 3. The molecule has 1 fully saturated rings. The van der Waals surface area contributed by atoms with Gasteiger partial charge in [0.05, 0.1) is 5.92 Å². The van der Waals surface area contributed by atoms with Gasteiger partial charge in [-0.3, -0.25) is 4.79 Å². The first-order valence-corrected chi connectivity index (χ1v) is 6.48. The van der Waals surface area contributed by atoms with Crippen molar-refractivity contribution < 1.29 is 18.3 Å². The number of hydrogen-bond acceptors (Lipinski definition) is 5. The maximum atomic E-state index is 12.0. The third-order valence-electron chi connectivity index (χ3n) is 2.69. The number of aromatic nitrogens is 1. The largest absolute Gasteiger partial charge is 0.481 e. The molecule has 0 bridgehead atoms. The number of aliphatic carboxylic acids is 1. The Balaban J connectivity index is 2.17. The van der Waals surface area contributed by atoms with E-state index in [-0.39, 0.29) is 23.7 Å². The van der Waals surface area contributed by atoms with Crippen LogP contribution in [0.3, 0.4) is 0 Å². The number of pyridine rings is 1. The van der Waals surface area contributed by atoms with Crippen LogP contribution in [0.4, 0.5) is 0 Å². The fourth-order valence-electron chi connectivity index (χ4n) is 1.54. The Morgan fingerprint density at radius 2 is 2.17 bits per heavy atom. The third kappa shape index (κ3) is 2.05. The number of hydrogen-bond donors (Lipinski definition) is 1. The minimum absolute atomic E-state index is 0.0301. The molecule has 0 radical (unpaired) electrons. The topological polar surface area (TPSA) is 111 Å². The van der Waals surface area contributed by atoms with Crippen LogP contribution in [-0.4, -0.2) is 41.9 Å². The smallest absolute Gasteiger partial charge is 0.309 e. The molecular weight excluding hydrogens is 258 g/mol. The fraction of sp³-hybridized carbons (Fsp3) is 0.300. The van der Waals surface area contributed by atoms with Crippen molar-refractivity contribution in [2.45, 2.75) is 4.90 Å². The quantitative estimate of drug-likeness (QED) is 0.801. The second-order valence-corrected chi connectivity index (χ2v) is 5.79. The molecule has 0 aromatic carbocycles. The second kappa shape index (κ2) is 4.36. The summed E-state index contributed by atoms with van der Waals surface area (Å²) in [5.41, 5.74) is 0.126. The summed E-state index contributed by atoms with van der Waals surface area (Å²) >= 11 is 0. The Hall–Kier alpha value is -1.98. The lowest BCUT2D eigenvalue weighted by atomic mass is 10.0. The molecule has 8 heteroatoms. The van der Waals surface area contributed by atoms with E-state index < -0.39 is 21.9 Å². The van der Waals surface area contributed by atoms with Crippen LogP contribution < -0.4 is 0 Å². The van der Waals surface area contributed by atoms with Crippen LogP contribution in [-0.2, 0) is 14.8 Å². The van der Waals surface area contributed by atoms with Gasteiger partial charge < -0.3 is 5.11 Å². The first kappa shape index (κ1) is 12.5. The molecule has 1 aromatic rings. The summed E-state index contributed by atoms with van der Waals surface area (Å²) in [5, 5.41) is 17.2. The molecule has 7 nitrogen and oxygen atoms in total. The Morgan fingerprint density at radius 3 is 2.61 bits per heavy atom. The zero-order chi connectivity index (χ0) is 13.3. The standard InChI is InChI=1S/C10H9N3O4S/c11-3-8-1-2-9(4-12-8)18(16,17)13-5-7(6-13)10(14)15/h1-2,4,7H,5-6H2,(H,14,15). The van der Waals surface area contributed by atoms with E-state index in [2.05, 4.69) is 4.98 Å². The van der Waals surface area contributed by atoms with Gasteiger partial charge in [-0.25, -0.2) is 13.4 Å². The van der Waals surface area contributed by atoms with E-state index in [1.54, 1.807) is 6.07 Å². The normalized spacial score (nSPS) is 16.8. The molecule has 2 heterocycles. The lowest BCUT2D eigenvalue weighted by Crippen LogP contribution is -2.52. The molecule has 1 aliphatic heterocycles. The van der Waals surface area contributed by atoms with Crippen LogP contribution in [0.25, 0.3) is 0 Å². The molecule has 18 heavy (non-hydrogen) atoms. The van der Waals surface area contributed by atoms with Gasteiger partial charge in [0.25, 0.3) is 0 Å². The molecule has 1 N–H and O–H groups in total. The SMILES string of the molecule is N#Cc1ccc(S(=O)(=O)N2CC(C(=O)O)C2)cn1. The zero-order valence-corrected chi connectivity index (χ0v) is 9.96. The lowest BCUT2D eigenvalue weighted by Gasteiger charge is -2.35. The lowest BCUT2D eigenvalue weighted by molar-refractivity contribution is -0.145. The Labute approximate surface area is 103 Å². The molecule has 0 atom stereocenters. The summed E-state index contributed by atoms with van der Waals surface area (Å²) in [4.78, 5) is 14.2. The number of carbonyl (C=O) groups is 1. The Bertz CT molecular complexity index is 612. The van der Waals surface area contributed by atoms with Crippen LogP contribution in [0.15, 0.2) is 23.2 Å². The predicted molar refractivity (Wildman–Crippen MR) is 58.8 cm³/mol. The van der Waals surface area contributed by atoms with E-state index in [0.717, 1.165) is 10.5 Å². The molecule has 1 aromatic heterocycles. The molecule has 2 rings (SSSR count). The molecule has 1 saturated heterocycles. The van der Waals surface area contributed by atoms with Crippen LogP contribution in [0.1, 0.15) is 5.69 Å². The number of carboxylic acid groups (broad SMARTS) is 1. The van der Waals surface area contributed by atoms with Crippen molar-refractivity contribution >= 4 is 16.0 Å². The van der Waals surface area contributed by atoms with E-state index in [9.17, 15) is 13.2 Å². The van der Waals surface area contributed by atoms with Gasteiger partial charge in [0.15, 0.2) is 0 Å². The van der Waals surface area contributed by atoms with Crippen LogP contribution in [0.2, 0.25) is 0 Å². The number of nitriles is 1. The molecule has 0 spiro atoms. The molecule has 0 saturated carbocycles. The Morgan fingerprint density at radius 1 is 1.50 bits per heavy atom.